The highest BCUT2D eigenvalue weighted by Gasteiger charge is 2.43. The minimum Gasteiger partial charge on any atom is -0.465 e. The van der Waals surface area contributed by atoms with E-state index in [0.29, 0.717) is 0 Å². The molecule has 1 aliphatic rings. The van der Waals surface area contributed by atoms with E-state index in [1.165, 1.54) is 12.7 Å². The summed E-state index contributed by atoms with van der Waals surface area (Å²) in [4.78, 5) is 11.8. The first-order chi connectivity index (χ1) is 8.15. The van der Waals surface area contributed by atoms with Gasteiger partial charge in [0, 0.05) is 18.4 Å². The molecule has 1 aliphatic heterocycles. The first-order valence-corrected chi connectivity index (χ1v) is 6.12. The molecule has 0 saturated carbocycles. The van der Waals surface area contributed by atoms with E-state index < -0.39 is 0 Å². The molecule has 92 valence electrons. The van der Waals surface area contributed by atoms with Gasteiger partial charge in [-0.1, -0.05) is 30.3 Å². The first-order valence-electron chi connectivity index (χ1n) is 6.12. The van der Waals surface area contributed by atoms with Crippen LogP contribution in [0.25, 0.3) is 0 Å². The molecule has 0 aromatic heterocycles. The second-order valence-electron chi connectivity index (χ2n) is 5.03. The number of rotatable bonds is 3. The summed E-state index contributed by atoms with van der Waals surface area (Å²) in [6.45, 7) is 1.95. The normalized spacial score (nSPS) is 28.0. The number of likely N-dealkylation sites (tertiary alicyclic amines) is 1. The summed E-state index contributed by atoms with van der Waals surface area (Å²) < 4.78 is 5.69. The van der Waals surface area contributed by atoms with Crippen LogP contribution in [0.1, 0.15) is 18.4 Å². The van der Waals surface area contributed by atoms with Gasteiger partial charge in [0.1, 0.15) is 6.54 Å². The molecule has 2 rings (SSSR count). The number of nitrogens with zero attached hydrogens (tertiary/aromatic N) is 1. The SMILES string of the molecule is COC(=O)[C@@H]1CCC[N+]1(C)Cc1ccccc1. The molecule has 2 atom stereocenters. The highest BCUT2D eigenvalue weighted by molar-refractivity contribution is 5.74. The number of methoxy groups -OCH3 is 1. The Morgan fingerprint density at radius 1 is 1.41 bits per heavy atom. The third-order valence-corrected chi connectivity index (χ3v) is 3.76. The van der Waals surface area contributed by atoms with Crippen LogP contribution in [0.5, 0.6) is 0 Å². The number of carbonyl (C=O) groups is 1. The molecule has 1 unspecified atom stereocenters. The van der Waals surface area contributed by atoms with E-state index in [9.17, 15) is 4.79 Å². The molecule has 1 aromatic rings. The predicted molar refractivity (Wildman–Crippen MR) is 66.2 cm³/mol. The van der Waals surface area contributed by atoms with Gasteiger partial charge in [-0.25, -0.2) is 4.79 Å². The number of likely N-dealkylation sites (N-methyl/N-ethyl adjacent to an activating group) is 1. The number of benzene rings is 1. The standard InChI is InChI=1S/C14H20NO2/c1-15(11-12-7-4-3-5-8-12)10-6-9-13(15)14(16)17-2/h3-5,7-8,13H,6,9-11H2,1-2H3/q+1/t13-,15?/m0/s1. The molecule has 1 aromatic carbocycles. The maximum Gasteiger partial charge on any atom is 0.364 e. The molecule has 0 N–H and O–H groups in total. The van der Waals surface area contributed by atoms with Crippen molar-refractivity contribution in [3.8, 4) is 0 Å². The third kappa shape index (κ3) is 2.50. The van der Waals surface area contributed by atoms with Gasteiger partial charge >= 0.3 is 5.97 Å². The van der Waals surface area contributed by atoms with Crippen LogP contribution in [0.2, 0.25) is 0 Å². The summed E-state index contributed by atoms with van der Waals surface area (Å²) >= 11 is 0. The summed E-state index contributed by atoms with van der Waals surface area (Å²) in [5.74, 6) is -0.0686. The summed E-state index contributed by atoms with van der Waals surface area (Å²) in [6, 6.07) is 10.4. The second kappa shape index (κ2) is 4.88. The third-order valence-electron chi connectivity index (χ3n) is 3.76. The Morgan fingerprint density at radius 2 is 2.12 bits per heavy atom. The van der Waals surface area contributed by atoms with Gasteiger partial charge in [0.25, 0.3) is 0 Å². The molecular formula is C14H20NO2+. The van der Waals surface area contributed by atoms with Crippen molar-refractivity contribution in [2.24, 2.45) is 0 Å². The maximum absolute atomic E-state index is 11.8. The van der Waals surface area contributed by atoms with Crippen molar-refractivity contribution < 1.29 is 14.0 Å². The van der Waals surface area contributed by atoms with E-state index >= 15 is 0 Å². The molecule has 0 radical (unpaired) electrons. The Labute approximate surface area is 103 Å². The van der Waals surface area contributed by atoms with E-state index in [-0.39, 0.29) is 12.0 Å². The highest BCUT2D eigenvalue weighted by Crippen LogP contribution is 2.28. The molecule has 17 heavy (non-hydrogen) atoms. The van der Waals surface area contributed by atoms with Gasteiger partial charge < -0.3 is 9.22 Å². The summed E-state index contributed by atoms with van der Waals surface area (Å²) in [6.07, 6.45) is 2.04. The minimum atomic E-state index is -0.0686. The van der Waals surface area contributed by atoms with Crippen LogP contribution in [0.4, 0.5) is 0 Å². The van der Waals surface area contributed by atoms with E-state index in [4.69, 9.17) is 4.74 Å². The van der Waals surface area contributed by atoms with E-state index in [1.54, 1.807) is 0 Å². The van der Waals surface area contributed by atoms with Gasteiger partial charge in [-0.05, 0) is 0 Å². The second-order valence-corrected chi connectivity index (χ2v) is 5.03. The maximum atomic E-state index is 11.8. The summed E-state index contributed by atoms with van der Waals surface area (Å²) in [5.41, 5.74) is 1.28. The number of carbonyl (C=O) groups excluding carboxylic acids is 1. The van der Waals surface area contributed by atoms with Gasteiger partial charge in [0.15, 0.2) is 6.04 Å². The van der Waals surface area contributed by atoms with Crippen LogP contribution in [-0.4, -0.2) is 37.2 Å². The lowest BCUT2D eigenvalue weighted by Gasteiger charge is -2.34. The monoisotopic (exact) mass is 234 g/mol. The van der Waals surface area contributed by atoms with E-state index in [0.717, 1.165) is 30.4 Å². The average molecular weight is 234 g/mol. The van der Waals surface area contributed by atoms with Gasteiger partial charge in [-0.15, -0.1) is 0 Å². The minimum absolute atomic E-state index is 0.000191. The Kier molecular flexibility index (Phi) is 3.48. The fourth-order valence-electron chi connectivity index (χ4n) is 2.81. The zero-order chi connectivity index (χ0) is 12.3. The van der Waals surface area contributed by atoms with Crippen molar-refractivity contribution in [3.05, 3.63) is 35.9 Å². The quantitative estimate of drug-likeness (QED) is 0.590. The Bertz CT molecular complexity index is 390. The number of quaternary nitrogens is 1. The molecular weight excluding hydrogens is 214 g/mol. The molecule has 0 spiro atoms. The van der Waals surface area contributed by atoms with Crippen LogP contribution in [0.3, 0.4) is 0 Å². The van der Waals surface area contributed by atoms with Crippen LogP contribution in [-0.2, 0) is 16.1 Å². The molecule has 3 nitrogen and oxygen atoms in total. The van der Waals surface area contributed by atoms with Crippen molar-refractivity contribution in [1.29, 1.82) is 0 Å². The molecule has 0 aliphatic carbocycles. The van der Waals surface area contributed by atoms with Gasteiger partial charge in [0.05, 0.1) is 20.7 Å². The molecule has 1 fully saturated rings. The first kappa shape index (κ1) is 12.1. The molecule has 3 heteroatoms. The summed E-state index contributed by atoms with van der Waals surface area (Å²) in [5, 5.41) is 0. The zero-order valence-electron chi connectivity index (χ0n) is 10.6. The smallest absolute Gasteiger partial charge is 0.364 e. The van der Waals surface area contributed by atoms with Crippen molar-refractivity contribution in [3.63, 3.8) is 0 Å². The largest absolute Gasteiger partial charge is 0.465 e. The number of ether oxygens (including phenoxy) is 1. The molecule has 1 saturated heterocycles. The molecule has 0 bridgehead atoms. The van der Waals surface area contributed by atoms with E-state index in [2.05, 4.69) is 19.2 Å². The highest BCUT2D eigenvalue weighted by atomic mass is 16.5. The number of hydrogen-bond acceptors (Lipinski definition) is 2. The van der Waals surface area contributed by atoms with Gasteiger partial charge in [-0.2, -0.15) is 0 Å². The molecule has 0 amide bonds. The lowest BCUT2D eigenvalue weighted by molar-refractivity contribution is -0.926. The average Bonchev–Trinajstić information content (AvgIpc) is 2.71. The zero-order valence-corrected chi connectivity index (χ0v) is 10.6. The number of hydrogen-bond donors (Lipinski definition) is 0. The van der Waals surface area contributed by atoms with Crippen molar-refractivity contribution >= 4 is 5.97 Å². The molecule has 1 heterocycles. The van der Waals surface area contributed by atoms with Crippen molar-refractivity contribution in [2.75, 3.05) is 20.7 Å². The van der Waals surface area contributed by atoms with Crippen LogP contribution >= 0.6 is 0 Å². The lowest BCUT2D eigenvalue weighted by atomic mass is 10.1. The Hall–Kier alpha value is -1.35. The van der Waals surface area contributed by atoms with Crippen LogP contribution in [0.15, 0.2) is 30.3 Å². The Morgan fingerprint density at radius 3 is 2.76 bits per heavy atom. The fourth-order valence-corrected chi connectivity index (χ4v) is 2.81. The van der Waals surface area contributed by atoms with E-state index in [1.807, 2.05) is 18.2 Å². The van der Waals surface area contributed by atoms with Crippen LogP contribution < -0.4 is 0 Å². The van der Waals surface area contributed by atoms with Gasteiger partial charge in [0.2, 0.25) is 0 Å². The van der Waals surface area contributed by atoms with Gasteiger partial charge in [-0.3, -0.25) is 0 Å². The van der Waals surface area contributed by atoms with Crippen LogP contribution in [0, 0.1) is 0 Å². The Balaban J connectivity index is 2.15. The predicted octanol–water partition coefficient (Wildman–Crippen LogP) is 1.97. The van der Waals surface area contributed by atoms with Crippen molar-refractivity contribution in [1.82, 2.24) is 0 Å². The topological polar surface area (TPSA) is 26.3 Å². The summed E-state index contributed by atoms with van der Waals surface area (Å²) in [7, 11) is 3.63. The van der Waals surface area contributed by atoms with Crippen molar-refractivity contribution in [2.45, 2.75) is 25.4 Å². The fraction of sp³-hybridized carbons (Fsp3) is 0.500. The lowest BCUT2D eigenvalue weighted by Crippen LogP contribution is -2.51. The number of esters is 1.